The van der Waals surface area contributed by atoms with Crippen molar-refractivity contribution in [2.75, 3.05) is 0 Å². The van der Waals surface area contributed by atoms with Crippen LogP contribution in [-0.2, 0) is 6.42 Å². The van der Waals surface area contributed by atoms with E-state index in [9.17, 15) is 0 Å². The maximum atomic E-state index is 6.05. The van der Waals surface area contributed by atoms with E-state index < -0.39 is 0 Å². The first kappa shape index (κ1) is 17.1. The van der Waals surface area contributed by atoms with Crippen LogP contribution in [0.15, 0.2) is 64.1 Å². The average Bonchev–Trinajstić information content (AvgIpc) is 3.05. The van der Waals surface area contributed by atoms with Gasteiger partial charge in [0.05, 0.1) is 21.8 Å². The monoisotopic (exact) mass is 375 g/mol. The van der Waals surface area contributed by atoms with Crippen LogP contribution in [0.25, 0.3) is 11.3 Å². The summed E-state index contributed by atoms with van der Waals surface area (Å²) in [6.07, 6.45) is 0.857. The standard InChI is InChI=1S/C18H15Cl2N3S/c1-12(9-13-5-3-2-4-6-13)22-23-18-21-17(11-24-18)14-7-8-15(19)16(20)10-14/h2-8,10-12H,9H2,1H3. The zero-order valence-corrected chi connectivity index (χ0v) is 15.3. The Labute approximate surface area is 155 Å². The second kappa shape index (κ2) is 7.88. The Morgan fingerprint density at radius 1 is 1.08 bits per heavy atom. The van der Waals surface area contributed by atoms with E-state index in [2.05, 4.69) is 27.3 Å². The van der Waals surface area contributed by atoms with Gasteiger partial charge in [0.25, 0.3) is 0 Å². The molecule has 2 aromatic carbocycles. The predicted molar refractivity (Wildman–Crippen MR) is 102 cm³/mol. The molecule has 0 bridgehead atoms. The molecule has 0 saturated carbocycles. The molecule has 1 heterocycles. The Balaban J connectivity index is 1.68. The number of nitrogens with zero attached hydrogens (tertiary/aromatic N) is 3. The second-order valence-electron chi connectivity index (χ2n) is 5.40. The summed E-state index contributed by atoms with van der Waals surface area (Å²) >= 11 is 13.4. The fourth-order valence-electron chi connectivity index (χ4n) is 2.24. The lowest BCUT2D eigenvalue weighted by Gasteiger charge is -2.03. The van der Waals surface area contributed by atoms with Crippen LogP contribution in [0.2, 0.25) is 10.0 Å². The van der Waals surface area contributed by atoms with Crippen molar-refractivity contribution in [1.29, 1.82) is 0 Å². The first-order valence-corrected chi connectivity index (χ1v) is 9.11. The van der Waals surface area contributed by atoms with Gasteiger partial charge in [0.2, 0.25) is 5.13 Å². The van der Waals surface area contributed by atoms with Gasteiger partial charge in [0, 0.05) is 10.9 Å². The average molecular weight is 376 g/mol. The molecule has 24 heavy (non-hydrogen) atoms. The highest BCUT2D eigenvalue weighted by Gasteiger charge is 2.07. The van der Waals surface area contributed by atoms with Crippen molar-refractivity contribution in [3.8, 4) is 11.3 Å². The highest BCUT2D eigenvalue weighted by atomic mass is 35.5. The van der Waals surface area contributed by atoms with Crippen molar-refractivity contribution in [3.05, 3.63) is 69.5 Å². The summed E-state index contributed by atoms with van der Waals surface area (Å²) < 4.78 is 0. The zero-order valence-electron chi connectivity index (χ0n) is 13.0. The lowest BCUT2D eigenvalue weighted by atomic mass is 10.1. The first-order valence-electron chi connectivity index (χ1n) is 7.47. The van der Waals surface area contributed by atoms with E-state index in [1.807, 2.05) is 36.6 Å². The number of halogens is 2. The molecule has 0 aliphatic carbocycles. The van der Waals surface area contributed by atoms with Crippen LogP contribution in [0.5, 0.6) is 0 Å². The van der Waals surface area contributed by atoms with Crippen molar-refractivity contribution in [2.45, 2.75) is 19.4 Å². The van der Waals surface area contributed by atoms with Crippen molar-refractivity contribution in [1.82, 2.24) is 4.98 Å². The maximum absolute atomic E-state index is 6.05. The topological polar surface area (TPSA) is 37.6 Å². The van der Waals surface area contributed by atoms with Crippen molar-refractivity contribution in [3.63, 3.8) is 0 Å². The number of rotatable bonds is 5. The molecule has 0 saturated heterocycles. The largest absolute Gasteiger partial charge is 0.230 e. The van der Waals surface area contributed by atoms with Gasteiger partial charge in [-0.3, -0.25) is 0 Å². The maximum Gasteiger partial charge on any atom is 0.230 e. The van der Waals surface area contributed by atoms with Gasteiger partial charge in [0.15, 0.2) is 0 Å². The smallest absolute Gasteiger partial charge is 0.217 e. The molecule has 3 nitrogen and oxygen atoms in total. The molecule has 6 heteroatoms. The minimum absolute atomic E-state index is 0.102. The molecule has 122 valence electrons. The molecule has 1 aromatic heterocycles. The molecule has 0 aliphatic heterocycles. The van der Waals surface area contributed by atoms with Gasteiger partial charge in [-0.25, -0.2) is 4.98 Å². The fourth-order valence-corrected chi connectivity index (χ4v) is 3.19. The van der Waals surface area contributed by atoms with Gasteiger partial charge in [-0.05, 0) is 31.0 Å². The van der Waals surface area contributed by atoms with E-state index in [0.717, 1.165) is 17.7 Å². The molecular formula is C18H15Cl2N3S. The molecule has 3 rings (SSSR count). The predicted octanol–water partition coefficient (Wildman–Crippen LogP) is 6.83. The SMILES string of the molecule is CC(Cc1ccccc1)N=Nc1nc(-c2ccc(Cl)c(Cl)c2)cs1. The van der Waals surface area contributed by atoms with E-state index in [1.54, 1.807) is 12.1 Å². The third kappa shape index (κ3) is 4.41. The number of azo groups is 1. The molecular weight excluding hydrogens is 361 g/mol. The Hall–Kier alpha value is -1.75. The van der Waals surface area contributed by atoms with Crippen LogP contribution in [-0.4, -0.2) is 11.0 Å². The third-order valence-electron chi connectivity index (χ3n) is 3.42. The number of aromatic nitrogens is 1. The quantitative estimate of drug-likeness (QED) is 0.450. The van der Waals surface area contributed by atoms with E-state index >= 15 is 0 Å². The van der Waals surface area contributed by atoms with Crippen molar-refractivity contribution >= 4 is 39.7 Å². The zero-order chi connectivity index (χ0) is 16.9. The highest BCUT2D eigenvalue weighted by molar-refractivity contribution is 7.13. The van der Waals surface area contributed by atoms with Gasteiger partial charge < -0.3 is 0 Å². The second-order valence-corrected chi connectivity index (χ2v) is 7.05. The molecule has 0 spiro atoms. The number of thiazole rings is 1. The third-order valence-corrected chi connectivity index (χ3v) is 4.89. The van der Waals surface area contributed by atoms with Crippen molar-refractivity contribution < 1.29 is 0 Å². The lowest BCUT2D eigenvalue weighted by Crippen LogP contribution is -2.01. The van der Waals surface area contributed by atoms with Gasteiger partial charge in [-0.1, -0.05) is 59.6 Å². The molecule has 0 fully saturated rings. The molecule has 3 aromatic rings. The van der Waals surface area contributed by atoms with E-state index in [0.29, 0.717) is 15.2 Å². The van der Waals surface area contributed by atoms with Gasteiger partial charge in [-0.2, -0.15) is 5.11 Å². The summed E-state index contributed by atoms with van der Waals surface area (Å²) in [5.74, 6) is 0. The summed E-state index contributed by atoms with van der Waals surface area (Å²) in [4.78, 5) is 4.49. The Bertz CT molecular complexity index is 846. The van der Waals surface area contributed by atoms with Gasteiger partial charge in [-0.15, -0.1) is 16.5 Å². The van der Waals surface area contributed by atoms with E-state index in [-0.39, 0.29) is 6.04 Å². The van der Waals surface area contributed by atoms with Crippen LogP contribution in [0.3, 0.4) is 0 Å². The molecule has 0 radical (unpaired) electrons. The summed E-state index contributed by atoms with van der Waals surface area (Å²) in [5, 5.41) is 12.2. The Morgan fingerprint density at radius 2 is 1.88 bits per heavy atom. The summed E-state index contributed by atoms with van der Waals surface area (Å²) in [6.45, 7) is 2.05. The van der Waals surface area contributed by atoms with Crippen LogP contribution >= 0.6 is 34.5 Å². The molecule has 1 unspecified atom stereocenters. The molecule has 0 amide bonds. The van der Waals surface area contributed by atoms with Crippen molar-refractivity contribution in [2.24, 2.45) is 10.2 Å². The summed E-state index contributed by atoms with van der Waals surface area (Å²) in [6, 6.07) is 15.8. The highest BCUT2D eigenvalue weighted by Crippen LogP contribution is 2.31. The Morgan fingerprint density at radius 3 is 2.62 bits per heavy atom. The van der Waals surface area contributed by atoms with Crippen LogP contribution in [0, 0.1) is 0 Å². The number of hydrogen-bond acceptors (Lipinski definition) is 4. The summed E-state index contributed by atoms with van der Waals surface area (Å²) in [7, 11) is 0. The van der Waals surface area contributed by atoms with E-state index in [1.165, 1.54) is 16.9 Å². The minimum Gasteiger partial charge on any atom is -0.217 e. The summed E-state index contributed by atoms with van der Waals surface area (Å²) in [5.41, 5.74) is 2.99. The normalized spacial score (nSPS) is 12.6. The van der Waals surface area contributed by atoms with Gasteiger partial charge >= 0.3 is 0 Å². The van der Waals surface area contributed by atoms with Crippen LogP contribution in [0.1, 0.15) is 12.5 Å². The van der Waals surface area contributed by atoms with E-state index in [4.69, 9.17) is 23.2 Å². The molecule has 1 atom stereocenters. The van der Waals surface area contributed by atoms with Gasteiger partial charge in [0.1, 0.15) is 0 Å². The number of benzene rings is 2. The minimum atomic E-state index is 0.102. The number of hydrogen-bond donors (Lipinski definition) is 0. The van der Waals surface area contributed by atoms with Crippen LogP contribution in [0.4, 0.5) is 5.13 Å². The Kier molecular flexibility index (Phi) is 5.61. The lowest BCUT2D eigenvalue weighted by molar-refractivity contribution is 0.700. The first-order chi connectivity index (χ1) is 11.6. The molecule has 0 N–H and O–H groups in total. The molecule has 0 aliphatic rings. The van der Waals surface area contributed by atoms with Crippen LogP contribution < -0.4 is 0 Å². The fraction of sp³-hybridized carbons (Fsp3) is 0.167.